The summed E-state index contributed by atoms with van der Waals surface area (Å²) in [5, 5.41) is 0. The molecule has 0 aromatic carbocycles. The summed E-state index contributed by atoms with van der Waals surface area (Å²) in [5.74, 6) is 0.503. The summed E-state index contributed by atoms with van der Waals surface area (Å²) in [6.07, 6.45) is 4.68. The van der Waals surface area contributed by atoms with E-state index in [4.69, 9.17) is 10.7 Å². The zero-order valence-electron chi connectivity index (χ0n) is 6.22. The first kappa shape index (κ1) is 9.29. The summed E-state index contributed by atoms with van der Waals surface area (Å²) in [7, 11) is 1.48. The Morgan fingerprint density at radius 3 is 2.36 bits per heavy atom. The number of hydrogen-bond donors (Lipinski definition) is 1. The predicted molar refractivity (Wildman–Crippen MR) is 44.7 cm³/mol. The molecule has 1 fully saturated rings. The second kappa shape index (κ2) is 3.74. The van der Waals surface area contributed by atoms with Crippen LogP contribution in [0.25, 0.3) is 0 Å². The highest BCUT2D eigenvalue weighted by molar-refractivity contribution is 8.12. The van der Waals surface area contributed by atoms with Crippen molar-refractivity contribution in [2.45, 2.75) is 25.7 Å². The van der Waals surface area contributed by atoms with Crippen LogP contribution in [-0.2, 0) is 9.24 Å². The number of hydrogen-bond acceptors (Lipinski definition) is 2. The molecule has 0 radical (unpaired) electrons. The standard InChI is InChI=1S/C6H12ClNO2S/c7-11(9,10)8-5-6-3-1-2-4-6/h6,8H,1-5H2. The molecule has 0 atom stereocenters. The highest BCUT2D eigenvalue weighted by Gasteiger charge is 2.16. The molecule has 0 unspecified atom stereocenters. The molecule has 11 heavy (non-hydrogen) atoms. The van der Waals surface area contributed by atoms with Crippen LogP contribution in [0.15, 0.2) is 0 Å². The summed E-state index contributed by atoms with van der Waals surface area (Å²) in [5.41, 5.74) is 0. The van der Waals surface area contributed by atoms with Gasteiger partial charge in [0.1, 0.15) is 0 Å². The maximum Gasteiger partial charge on any atom is 0.297 e. The van der Waals surface area contributed by atoms with Crippen molar-refractivity contribution < 1.29 is 8.42 Å². The van der Waals surface area contributed by atoms with Gasteiger partial charge in [-0.05, 0) is 18.8 Å². The average Bonchev–Trinajstić information content (AvgIpc) is 2.32. The molecule has 0 aliphatic heterocycles. The Hall–Kier alpha value is 0.200. The third-order valence-electron chi connectivity index (χ3n) is 2.02. The third kappa shape index (κ3) is 3.94. The van der Waals surface area contributed by atoms with Gasteiger partial charge in [0.25, 0.3) is 9.24 Å². The minimum atomic E-state index is -3.49. The van der Waals surface area contributed by atoms with Crippen LogP contribution in [0.3, 0.4) is 0 Å². The molecule has 1 saturated carbocycles. The fourth-order valence-electron chi connectivity index (χ4n) is 1.43. The fourth-order valence-corrected chi connectivity index (χ4v) is 2.06. The first-order valence-electron chi connectivity index (χ1n) is 3.77. The molecule has 0 saturated heterocycles. The van der Waals surface area contributed by atoms with E-state index >= 15 is 0 Å². The molecule has 1 aliphatic carbocycles. The summed E-state index contributed by atoms with van der Waals surface area (Å²) in [6.45, 7) is 0.506. The molecular weight excluding hydrogens is 186 g/mol. The molecule has 1 rings (SSSR count). The first-order valence-corrected chi connectivity index (χ1v) is 6.08. The molecular formula is C6H12ClNO2S. The minimum Gasteiger partial charge on any atom is -0.202 e. The quantitative estimate of drug-likeness (QED) is 0.693. The van der Waals surface area contributed by atoms with Crippen LogP contribution in [0.5, 0.6) is 0 Å². The Kier molecular flexibility index (Phi) is 3.16. The average molecular weight is 198 g/mol. The van der Waals surface area contributed by atoms with E-state index in [1.165, 1.54) is 12.8 Å². The highest BCUT2D eigenvalue weighted by atomic mass is 35.7. The van der Waals surface area contributed by atoms with Gasteiger partial charge < -0.3 is 0 Å². The van der Waals surface area contributed by atoms with Gasteiger partial charge in [0.15, 0.2) is 0 Å². The molecule has 3 nitrogen and oxygen atoms in total. The maximum absolute atomic E-state index is 10.4. The predicted octanol–water partition coefficient (Wildman–Crippen LogP) is 1.25. The smallest absolute Gasteiger partial charge is 0.202 e. The third-order valence-corrected chi connectivity index (χ3v) is 2.86. The molecule has 0 aromatic heterocycles. The second-order valence-corrected chi connectivity index (χ2v) is 5.32. The molecule has 0 heterocycles. The molecule has 0 bridgehead atoms. The van der Waals surface area contributed by atoms with Crippen LogP contribution in [0.1, 0.15) is 25.7 Å². The highest BCUT2D eigenvalue weighted by Crippen LogP contribution is 2.23. The van der Waals surface area contributed by atoms with Gasteiger partial charge in [0.05, 0.1) is 0 Å². The number of rotatable bonds is 3. The van der Waals surface area contributed by atoms with Gasteiger partial charge in [-0.1, -0.05) is 12.8 Å². The van der Waals surface area contributed by atoms with Gasteiger partial charge in [0, 0.05) is 17.2 Å². The van der Waals surface area contributed by atoms with Gasteiger partial charge >= 0.3 is 0 Å². The molecule has 1 aliphatic rings. The van der Waals surface area contributed by atoms with Crippen molar-refractivity contribution in [1.82, 2.24) is 4.72 Å². The molecule has 1 N–H and O–H groups in total. The van der Waals surface area contributed by atoms with Gasteiger partial charge in [-0.25, -0.2) is 4.72 Å². The van der Waals surface area contributed by atoms with Gasteiger partial charge in [-0.3, -0.25) is 0 Å². The normalized spacial score (nSPS) is 20.8. The Morgan fingerprint density at radius 1 is 1.36 bits per heavy atom. The van der Waals surface area contributed by atoms with E-state index < -0.39 is 9.24 Å². The van der Waals surface area contributed by atoms with Crippen LogP contribution < -0.4 is 4.72 Å². The Balaban J connectivity index is 2.22. The number of halogens is 1. The Labute approximate surface area is 71.7 Å². The zero-order valence-corrected chi connectivity index (χ0v) is 7.79. The Morgan fingerprint density at radius 2 is 1.91 bits per heavy atom. The van der Waals surface area contributed by atoms with E-state index in [1.54, 1.807) is 0 Å². The van der Waals surface area contributed by atoms with Crippen LogP contribution in [0.4, 0.5) is 0 Å². The maximum atomic E-state index is 10.4. The van der Waals surface area contributed by atoms with Crippen LogP contribution in [0.2, 0.25) is 0 Å². The molecule has 0 aromatic rings. The SMILES string of the molecule is O=S(=O)(Cl)NCC1CCCC1. The monoisotopic (exact) mass is 197 g/mol. The van der Waals surface area contributed by atoms with Crippen molar-refractivity contribution in [3.8, 4) is 0 Å². The lowest BCUT2D eigenvalue weighted by Gasteiger charge is -2.06. The van der Waals surface area contributed by atoms with Crippen LogP contribution in [-0.4, -0.2) is 15.0 Å². The van der Waals surface area contributed by atoms with E-state index in [0.717, 1.165) is 12.8 Å². The van der Waals surface area contributed by atoms with E-state index in [-0.39, 0.29) is 0 Å². The lowest BCUT2D eigenvalue weighted by atomic mass is 10.1. The van der Waals surface area contributed by atoms with Crippen molar-refractivity contribution >= 4 is 19.9 Å². The minimum absolute atomic E-state index is 0.503. The van der Waals surface area contributed by atoms with Crippen molar-refractivity contribution in [1.29, 1.82) is 0 Å². The lowest BCUT2D eigenvalue weighted by Crippen LogP contribution is -2.24. The fraction of sp³-hybridized carbons (Fsp3) is 1.00. The van der Waals surface area contributed by atoms with Crippen molar-refractivity contribution in [2.75, 3.05) is 6.54 Å². The summed E-state index contributed by atoms with van der Waals surface area (Å²) in [6, 6.07) is 0. The van der Waals surface area contributed by atoms with Gasteiger partial charge in [0.2, 0.25) is 0 Å². The second-order valence-electron chi connectivity index (χ2n) is 2.94. The topological polar surface area (TPSA) is 46.2 Å². The van der Waals surface area contributed by atoms with E-state index in [0.29, 0.717) is 12.5 Å². The van der Waals surface area contributed by atoms with Crippen LogP contribution in [0, 0.1) is 5.92 Å². The first-order chi connectivity index (χ1) is 5.08. The lowest BCUT2D eigenvalue weighted by molar-refractivity contribution is 0.525. The summed E-state index contributed by atoms with van der Waals surface area (Å²) in [4.78, 5) is 0. The molecule has 5 heteroatoms. The van der Waals surface area contributed by atoms with Gasteiger partial charge in [-0.2, -0.15) is 8.42 Å². The van der Waals surface area contributed by atoms with E-state index in [1.807, 2.05) is 0 Å². The van der Waals surface area contributed by atoms with Crippen molar-refractivity contribution in [3.63, 3.8) is 0 Å². The summed E-state index contributed by atoms with van der Waals surface area (Å²) < 4.78 is 23.2. The van der Waals surface area contributed by atoms with E-state index in [2.05, 4.69) is 4.72 Å². The molecule has 0 spiro atoms. The zero-order chi connectivity index (χ0) is 8.32. The Bertz CT molecular complexity index is 209. The summed E-state index contributed by atoms with van der Waals surface area (Å²) >= 11 is 0. The van der Waals surface area contributed by atoms with Crippen molar-refractivity contribution in [2.24, 2.45) is 5.92 Å². The number of nitrogens with one attached hydrogen (secondary N) is 1. The van der Waals surface area contributed by atoms with Crippen LogP contribution >= 0.6 is 10.7 Å². The van der Waals surface area contributed by atoms with Crippen molar-refractivity contribution in [3.05, 3.63) is 0 Å². The van der Waals surface area contributed by atoms with E-state index in [9.17, 15) is 8.42 Å². The van der Waals surface area contributed by atoms with Gasteiger partial charge in [-0.15, -0.1) is 0 Å². The molecule has 66 valence electrons. The molecule has 0 amide bonds. The largest absolute Gasteiger partial charge is 0.297 e.